The molecule has 25 heavy (non-hydrogen) atoms. The molecule has 2 heterocycles. The van der Waals surface area contributed by atoms with Gasteiger partial charge >= 0.3 is 0 Å². The minimum Gasteiger partial charge on any atom is -0.379 e. The molecule has 2 fully saturated rings. The molecule has 8 nitrogen and oxygen atoms in total. The lowest BCUT2D eigenvalue weighted by molar-refractivity contribution is 0.0125. The fraction of sp³-hybridized carbons (Fsp3) is 0.533. The number of halogens is 1. The van der Waals surface area contributed by atoms with Crippen molar-refractivity contribution in [2.45, 2.75) is 4.90 Å². The van der Waals surface area contributed by atoms with Crippen LogP contribution in [0, 0.1) is 5.82 Å². The number of carbonyl (C=O) groups excluding carboxylic acids is 1. The highest BCUT2D eigenvalue weighted by Gasteiger charge is 2.28. The van der Waals surface area contributed by atoms with Gasteiger partial charge in [-0.3, -0.25) is 10.2 Å². The number of carbonyl (C=O) groups is 1. The molecule has 1 N–H and O–H groups in total. The number of hydrogen-bond donors (Lipinski definition) is 1. The van der Waals surface area contributed by atoms with Crippen LogP contribution in [0.2, 0.25) is 0 Å². The number of ether oxygens (including phenoxy) is 2. The van der Waals surface area contributed by atoms with Crippen LogP contribution < -0.4 is 5.43 Å². The van der Waals surface area contributed by atoms with Crippen molar-refractivity contribution in [3.8, 4) is 0 Å². The van der Waals surface area contributed by atoms with E-state index in [0.717, 1.165) is 12.1 Å². The van der Waals surface area contributed by atoms with Crippen LogP contribution in [0.15, 0.2) is 23.1 Å². The molecule has 3 rings (SSSR count). The zero-order valence-corrected chi connectivity index (χ0v) is 14.4. The number of nitrogens with zero attached hydrogens (tertiary/aromatic N) is 2. The predicted molar refractivity (Wildman–Crippen MR) is 85.8 cm³/mol. The van der Waals surface area contributed by atoms with Gasteiger partial charge in [0.15, 0.2) is 0 Å². The lowest BCUT2D eigenvalue weighted by Crippen LogP contribution is -2.48. The highest BCUT2D eigenvalue weighted by atomic mass is 32.2. The van der Waals surface area contributed by atoms with Gasteiger partial charge in [0, 0.05) is 26.2 Å². The van der Waals surface area contributed by atoms with Gasteiger partial charge in [-0.25, -0.2) is 17.8 Å². The van der Waals surface area contributed by atoms with E-state index >= 15 is 0 Å². The van der Waals surface area contributed by atoms with Crippen molar-refractivity contribution in [2.75, 3.05) is 52.6 Å². The Hall–Kier alpha value is -1.59. The maximum atomic E-state index is 14.1. The van der Waals surface area contributed by atoms with Crippen molar-refractivity contribution in [1.82, 2.24) is 14.7 Å². The van der Waals surface area contributed by atoms with Gasteiger partial charge in [-0.05, 0) is 18.2 Å². The number of sulfonamides is 1. The number of amides is 1. The Labute approximate surface area is 145 Å². The van der Waals surface area contributed by atoms with Crippen LogP contribution in [0.25, 0.3) is 0 Å². The van der Waals surface area contributed by atoms with Crippen molar-refractivity contribution in [3.63, 3.8) is 0 Å². The summed E-state index contributed by atoms with van der Waals surface area (Å²) >= 11 is 0. The number of hydrogen-bond acceptors (Lipinski definition) is 6. The van der Waals surface area contributed by atoms with E-state index in [1.165, 1.54) is 10.4 Å². The molecular formula is C15H20FN3O5S. The lowest BCUT2D eigenvalue weighted by Gasteiger charge is -2.27. The van der Waals surface area contributed by atoms with Gasteiger partial charge in [0.2, 0.25) is 10.0 Å². The fourth-order valence-electron chi connectivity index (χ4n) is 2.65. The molecule has 0 saturated carbocycles. The third-order valence-electron chi connectivity index (χ3n) is 4.06. The van der Waals surface area contributed by atoms with Crippen LogP contribution in [0.3, 0.4) is 0 Å². The predicted octanol–water partition coefficient (Wildman–Crippen LogP) is -0.176. The van der Waals surface area contributed by atoms with Crippen LogP contribution >= 0.6 is 0 Å². The standard InChI is InChI=1S/C15H20FN3O5S/c16-14-2-1-12(25(21,22)19-5-9-24-10-6-19)11-13(14)15(20)17-18-3-7-23-8-4-18/h1-2,11H,3-10H2,(H,17,20). The molecule has 0 bridgehead atoms. The van der Waals surface area contributed by atoms with Crippen molar-refractivity contribution in [2.24, 2.45) is 0 Å². The maximum Gasteiger partial charge on any atom is 0.268 e. The first kappa shape index (κ1) is 18.2. The minimum atomic E-state index is -3.79. The highest BCUT2D eigenvalue weighted by Crippen LogP contribution is 2.20. The number of nitrogens with one attached hydrogen (secondary N) is 1. The Kier molecular flexibility index (Phi) is 5.64. The Morgan fingerprint density at radius 3 is 2.28 bits per heavy atom. The molecule has 1 aromatic carbocycles. The SMILES string of the molecule is O=C(NN1CCOCC1)c1cc(S(=O)(=O)N2CCOCC2)ccc1F. The zero-order chi connectivity index (χ0) is 17.9. The third kappa shape index (κ3) is 4.15. The second-order valence-corrected chi connectivity index (χ2v) is 7.64. The Bertz CT molecular complexity index is 731. The van der Waals surface area contributed by atoms with Crippen LogP contribution in [0.5, 0.6) is 0 Å². The highest BCUT2D eigenvalue weighted by molar-refractivity contribution is 7.89. The van der Waals surface area contributed by atoms with E-state index in [1.807, 2.05) is 0 Å². The minimum absolute atomic E-state index is 0.108. The van der Waals surface area contributed by atoms with E-state index in [1.54, 1.807) is 5.01 Å². The van der Waals surface area contributed by atoms with E-state index in [0.29, 0.717) is 39.5 Å². The molecule has 0 aliphatic carbocycles. The van der Waals surface area contributed by atoms with Gasteiger partial charge in [-0.1, -0.05) is 0 Å². The Morgan fingerprint density at radius 1 is 1.04 bits per heavy atom. The summed E-state index contributed by atoms with van der Waals surface area (Å²) in [6.07, 6.45) is 0. The van der Waals surface area contributed by atoms with Crippen molar-refractivity contribution >= 4 is 15.9 Å². The second-order valence-electron chi connectivity index (χ2n) is 5.70. The number of rotatable bonds is 4. The smallest absolute Gasteiger partial charge is 0.268 e. The summed E-state index contributed by atoms with van der Waals surface area (Å²) < 4.78 is 51.0. The molecule has 2 aliphatic rings. The number of benzene rings is 1. The second kappa shape index (κ2) is 7.75. The monoisotopic (exact) mass is 373 g/mol. The summed E-state index contributed by atoms with van der Waals surface area (Å²) in [4.78, 5) is 12.2. The molecule has 1 amide bonds. The van der Waals surface area contributed by atoms with Crippen molar-refractivity contribution in [1.29, 1.82) is 0 Å². The first-order chi connectivity index (χ1) is 12.0. The van der Waals surface area contributed by atoms with Gasteiger partial charge in [-0.2, -0.15) is 4.31 Å². The summed E-state index contributed by atoms with van der Waals surface area (Å²) in [6, 6.07) is 3.25. The van der Waals surface area contributed by atoms with Gasteiger partial charge < -0.3 is 9.47 Å². The van der Waals surface area contributed by atoms with Crippen molar-refractivity contribution in [3.05, 3.63) is 29.6 Å². The molecular weight excluding hydrogens is 353 g/mol. The molecule has 2 saturated heterocycles. The molecule has 0 spiro atoms. The van der Waals surface area contributed by atoms with E-state index in [4.69, 9.17) is 9.47 Å². The first-order valence-corrected chi connectivity index (χ1v) is 9.43. The summed E-state index contributed by atoms with van der Waals surface area (Å²) in [5.74, 6) is -1.45. The van der Waals surface area contributed by atoms with E-state index < -0.39 is 21.7 Å². The van der Waals surface area contributed by atoms with Crippen molar-refractivity contribution < 1.29 is 27.1 Å². The van der Waals surface area contributed by atoms with Crippen LogP contribution in [0.1, 0.15) is 10.4 Å². The average Bonchev–Trinajstić information content (AvgIpc) is 2.63. The summed E-state index contributed by atoms with van der Waals surface area (Å²) in [6.45, 7) is 2.99. The van der Waals surface area contributed by atoms with E-state index in [9.17, 15) is 17.6 Å². The van der Waals surface area contributed by atoms with E-state index in [2.05, 4.69) is 5.43 Å². The normalized spacial score (nSPS) is 20.4. The van der Waals surface area contributed by atoms with Crippen LogP contribution in [-0.4, -0.2) is 76.2 Å². The average molecular weight is 373 g/mol. The first-order valence-electron chi connectivity index (χ1n) is 7.99. The van der Waals surface area contributed by atoms with Gasteiger partial charge in [-0.15, -0.1) is 0 Å². The topological polar surface area (TPSA) is 88.2 Å². The Morgan fingerprint density at radius 2 is 1.64 bits per heavy atom. The molecule has 1 aromatic rings. The molecule has 0 unspecified atom stereocenters. The van der Waals surface area contributed by atoms with Crippen LogP contribution in [0.4, 0.5) is 4.39 Å². The zero-order valence-electron chi connectivity index (χ0n) is 13.6. The molecule has 0 atom stereocenters. The number of hydrazine groups is 1. The largest absolute Gasteiger partial charge is 0.379 e. The van der Waals surface area contributed by atoms with Gasteiger partial charge in [0.25, 0.3) is 5.91 Å². The number of morpholine rings is 2. The molecule has 2 aliphatic heterocycles. The summed E-state index contributed by atoms with van der Waals surface area (Å²) in [5, 5.41) is 1.62. The molecule has 0 radical (unpaired) electrons. The van der Waals surface area contributed by atoms with Gasteiger partial charge in [0.1, 0.15) is 5.82 Å². The maximum absolute atomic E-state index is 14.1. The molecule has 138 valence electrons. The van der Waals surface area contributed by atoms with Crippen LogP contribution in [-0.2, 0) is 19.5 Å². The molecule has 10 heteroatoms. The summed E-state index contributed by atoms with van der Waals surface area (Å²) in [7, 11) is -3.79. The third-order valence-corrected chi connectivity index (χ3v) is 5.96. The Balaban J connectivity index is 1.80. The quantitative estimate of drug-likeness (QED) is 0.788. The van der Waals surface area contributed by atoms with E-state index in [-0.39, 0.29) is 23.5 Å². The van der Waals surface area contributed by atoms with Gasteiger partial charge in [0.05, 0.1) is 36.9 Å². The molecule has 0 aromatic heterocycles. The summed E-state index contributed by atoms with van der Waals surface area (Å²) in [5.41, 5.74) is 2.28. The lowest BCUT2D eigenvalue weighted by atomic mass is 10.2. The fourth-order valence-corrected chi connectivity index (χ4v) is 4.09.